The molecule has 0 aliphatic carbocycles. The van der Waals surface area contributed by atoms with Gasteiger partial charge in [0.2, 0.25) is 5.91 Å². The minimum atomic E-state index is -0.330. The summed E-state index contributed by atoms with van der Waals surface area (Å²) in [5.41, 5.74) is 0.916. The van der Waals surface area contributed by atoms with Crippen molar-refractivity contribution in [2.45, 2.75) is 33.6 Å². The van der Waals surface area contributed by atoms with Crippen LogP contribution in [0.5, 0.6) is 0 Å². The number of amides is 1. The maximum Gasteiger partial charge on any atom is 0.244 e. The van der Waals surface area contributed by atoms with E-state index in [1.165, 1.54) is 12.1 Å². The van der Waals surface area contributed by atoms with Crippen LogP contribution in [0.3, 0.4) is 0 Å². The van der Waals surface area contributed by atoms with Crippen molar-refractivity contribution in [1.82, 2.24) is 5.32 Å². The third-order valence-electron chi connectivity index (χ3n) is 3.40. The molecule has 0 unspecified atom stereocenters. The fourth-order valence-corrected chi connectivity index (χ4v) is 1.96. The van der Waals surface area contributed by atoms with Crippen LogP contribution < -0.4 is 5.32 Å². The fourth-order valence-electron chi connectivity index (χ4n) is 1.96. The predicted octanol–water partition coefficient (Wildman–Crippen LogP) is 3.14. The third-order valence-corrected chi connectivity index (χ3v) is 3.40. The molecule has 0 aliphatic heterocycles. The van der Waals surface area contributed by atoms with Gasteiger partial charge in [0.1, 0.15) is 5.82 Å². The first kappa shape index (κ1) is 17.4. The normalized spacial score (nSPS) is 12.3. The lowest BCUT2D eigenvalue weighted by molar-refractivity contribution is -0.116. The number of allylic oxidation sites excluding steroid dienone is 1. The Bertz CT molecular complexity index is 509. The maximum atomic E-state index is 13.6. The highest BCUT2D eigenvalue weighted by molar-refractivity contribution is 5.94. The molecular formula is C17H24FNO2. The summed E-state index contributed by atoms with van der Waals surface area (Å²) in [5, 5.41) is 11.9. The van der Waals surface area contributed by atoms with Crippen molar-refractivity contribution in [3.05, 3.63) is 41.7 Å². The van der Waals surface area contributed by atoms with Gasteiger partial charge in [0.05, 0.1) is 0 Å². The molecule has 0 spiro atoms. The lowest BCUT2D eigenvalue weighted by atomic mass is 9.89. The number of aliphatic hydroxyl groups excluding tert-OH is 1. The summed E-state index contributed by atoms with van der Waals surface area (Å²) in [5.74, 6) is -0.554. The number of carbonyl (C=O) groups is 1. The smallest absolute Gasteiger partial charge is 0.244 e. The first-order valence-electron chi connectivity index (χ1n) is 7.17. The van der Waals surface area contributed by atoms with E-state index in [4.69, 9.17) is 5.11 Å². The van der Waals surface area contributed by atoms with Gasteiger partial charge in [-0.05, 0) is 36.8 Å². The van der Waals surface area contributed by atoms with E-state index in [1.807, 2.05) is 13.8 Å². The number of aliphatic hydroxyl groups is 1. The molecule has 0 aliphatic rings. The molecule has 0 radical (unpaired) electrons. The van der Waals surface area contributed by atoms with Gasteiger partial charge in [-0.15, -0.1) is 0 Å². The van der Waals surface area contributed by atoms with Gasteiger partial charge in [-0.25, -0.2) is 4.39 Å². The van der Waals surface area contributed by atoms with Gasteiger partial charge in [0.15, 0.2) is 0 Å². The zero-order chi connectivity index (χ0) is 15.9. The summed E-state index contributed by atoms with van der Waals surface area (Å²) in [7, 11) is 0. The number of nitrogens with one attached hydrogen (secondary N) is 1. The van der Waals surface area contributed by atoms with Crippen LogP contribution in [0.2, 0.25) is 0 Å². The lowest BCUT2D eigenvalue weighted by Gasteiger charge is -2.21. The van der Waals surface area contributed by atoms with Crippen molar-refractivity contribution in [2.75, 3.05) is 13.2 Å². The van der Waals surface area contributed by atoms with Crippen LogP contribution in [-0.4, -0.2) is 24.2 Å². The largest absolute Gasteiger partial charge is 0.396 e. The lowest BCUT2D eigenvalue weighted by Crippen LogP contribution is -2.25. The first-order chi connectivity index (χ1) is 9.85. The summed E-state index contributed by atoms with van der Waals surface area (Å²) in [6, 6.07) is 6.39. The topological polar surface area (TPSA) is 49.3 Å². The summed E-state index contributed by atoms with van der Waals surface area (Å²) in [6.45, 7) is 6.36. The van der Waals surface area contributed by atoms with E-state index < -0.39 is 0 Å². The Balaban J connectivity index is 2.46. The van der Waals surface area contributed by atoms with Crippen LogP contribution in [0.4, 0.5) is 4.39 Å². The van der Waals surface area contributed by atoms with Crippen LogP contribution in [0, 0.1) is 11.2 Å². The molecule has 0 heterocycles. The molecule has 1 rings (SSSR count). The van der Waals surface area contributed by atoms with Gasteiger partial charge in [-0.2, -0.15) is 0 Å². The molecule has 0 saturated heterocycles. The summed E-state index contributed by atoms with van der Waals surface area (Å²) < 4.78 is 13.6. The highest BCUT2D eigenvalue weighted by Gasteiger charge is 2.15. The fraction of sp³-hybridized carbons (Fsp3) is 0.471. The van der Waals surface area contributed by atoms with E-state index in [-0.39, 0.29) is 23.7 Å². The molecule has 0 bridgehead atoms. The Morgan fingerprint density at radius 1 is 1.38 bits per heavy atom. The SMILES string of the molecule is C/C(=C/C(=O)NCCCC(C)(C)CO)c1ccccc1F. The molecule has 0 fully saturated rings. The minimum Gasteiger partial charge on any atom is -0.396 e. The van der Waals surface area contributed by atoms with Gasteiger partial charge in [0.25, 0.3) is 0 Å². The highest BCUT2D eigenvalue weighted by Crippen LogP contribution is 2.20. The molecule has 1 aromatic carbocycles. The average molecular weight is 293 g/mol. The van der Waals surface area contributed by atoms with Gasteiger partial charge < -0.3 is 10.4 Å². The van der Waals surface area contributed by atoms with E-state index >= 15 is 0 Å². The van der Waals surface area contributed by atoms with E-state index in [0.29, 0.717) is 17.7 Å². The molecule has 4 heteroatoms. The monoisotopic (exact) mass is 293 g/mol. The predicted molar refractivity (Wildman–Crippen MR) is 83.2 cm³/mol. The van der Waals surface area contributed by atoms with E-state index in [9.17, 15) is 9.18 Å². The van der Waals surface area contributed by atoms with Gasteiger partial charge in [-0.1, -0.05) is 32.0 Å². The Morgan fingerprint density at radius 3 is 2.67 bits per heavy atom. The second kappa shape index (κ2) is 7.93. The van der Waals surface area contributed by atoms with Crippen LogP contribution in [0.15, 0.2) is 30.3 Å². The number of benzene rings is 1. The average Bonchev–Trinajstić information content (AvgIpc) is 2.44. The van der Waals surface area contributed by atoms with Crippen molar-refractivity contribution >= 4 is 11.5 Å². The number of hydrogen-bond acceptors (Lipinski definition) is 2. The van der Waals surface area contributed by atoms with Crippen LogP contribution in [0.25, 0.3) is 5.57 Å². The van der Waals surface area contributed by atoms with Crippen molar-refractivity contribution in [1.29, 1.82) is 0 Å². The number of carbonyl (C=O) groups excluding carboxylic acids is 1. The molecule has 3 nitrogen and oxygen atoms in total. The molecule has 2 N–H and O–H groups in total. The molecule has 116 valence electrons. The van der Waals surface area contributed by atoms with Crippen LogP contribution in [-0.2, 0) is 4.79 Å². The van der Waals surface area contributed by atoms with Crippen molar-refractivity contribution in [3.8, 4) is 0 Å². The van der Waals surface area contributed by atoms with Gasteiger partial charge in [0, 0.05) is 24.8 Å². The minimum absolute atomic E-state index is 0.121. The number of hydrogen-bond donors (Lipinski definition) is 2. The van der Waals surface area contributed by atoms with Crippen molar-refractivity contribution in [2.24, 2.45) is 5.41 Å². The highest BCUT2D eigenvalue weighted by atomic mass is 19.1. The molecule has 0 atom stereocenters. The second-order valence-corrected chi connectivity index (χ2v) is 6.02. The Morgan fingerprint density at radius 2 is 2.05 bits per heavy atom. The Labute approximate surface area is 125 Å². The number of rotatable bonds is 7. The maximum absolute atomic E-state index is 13.6. The Hall–Kier alpha value is -1.68. The number of halogens is 1. The quantitative estimate of drug-likeness (QED) is 0.599. The first-order valence-corrected chi connectivity index (χ1v) is 7.17. The Kier molecular flexibility index (Phi) is 6.56. The molecule has 1 aromatic rings. The van der Waals surface area contributed by atoms with Crippen molar-refractivity contribution in [3.63, 3.8) is 0 Å². The molecule has 21 heavy (non-hydrogen) atoms. The van der Waals surface area contributed by atoms with E-state index in [1.54, 1.807) is 25.1 Å². The van der Waals surface area contributed by atoms with Crippen LogP contribution in [0.1, 0.15) is 39.2 Å². The summed E-state index contributed by atoms with van der Waals surface area (Å²) in [4.78, 5) is 11.8. The van der Waals surface area contributed by atoms with Gasteiger partial charge in [-0.3, -0.25) is 4.79 Å². The third kappa shape index (κ3) is 6.08. The van der Waals surface area contributed by atoms with Gasteiger partial charge >= 0.3 is 0 Å². The molecule has 0 saturated carbocycles. The van der Waals surface area contributed by atoms with E-state index in [0.717, 1.165) is 12.8 Å². The van der Waals surface area contributed by atoms with Crippen LogP contribution >= 0.6 is 0 Å². The molecule has 1 amide bonds. The summed E-state index contributed by atoms with van der Waals surface area (Å²) in [6.07, 6.45) is 3.04. The zero-order valence-electron chi connectivity index (χ0n) is 12.9. The van der Waals surface area contributed by atoms with E-state index in [2.05, 4.69) is 5.32 Å². The summed E-state index contributed by atoms with van der Waals surface area (Å²) >= 11 is 0. The van der Waals surface area contributed by atoms with Crippen molar-refractivity contribution < 1.29 is 14.3 Å². The molecule has 0 aromatic heterocycles. The standard InChI is InChI=1S/C17H24FNO2/c1-13(14-7-4-5-8-15(14)18)11-16(21)19-10-6-9-17(2,3)12-20/h4-5,7-8,11,20H,6,9-10,12H2,1-3H3,(H,19,21)/b13-11-. The molecular weight excluding hydrogens is 269 g/mol. The second-order valence-electron chi connectivity index (χ2n) is 6.02. The zero-order valence-corrected chi connectivity index (χ0v) is 12.9.